The van der Waals surface area contributed by atoms with Crippen LogP contribution >= 0.6 is 23.2 Å². The fraction of sp³-hybridized carbons (Fsp3) is 0. The van der Waals surface area contributed by atoms with Crippen LogP contribution in [0.4, 0.5) is 0 Å². The van der Waals surface area contributed by atoms with Gasteiger partial charge in [-0.2, -0.15) is 5.10 Å². The molecule has 0 aliphatic rings. The quantitative estimate of drug-likeness (QED) is 0.250. The van der Waals surface area contributed by atoms with Crippen molar-refractivity contribution in [2.24, 2.45) is 5.10 Å². The van der Waals surface area contributed by atoms with Crippen molar-refractivity contribution in [3.63, 3.8) is 0 Å². The molecule has 1 amide bonds. The van der Waals surface area contributed by atoms with Crippen molar-refractivity contribution in [1.82, 2.24) is 5.43 Å². The molecule has 0 spiro atoms. The zero-order valence-corrected chi connectivity index (χ0v) is 12.8. The molecule has 5 N–H and O–H groups in total. The van der Waals surface area contributed by atoms with Gasteiger partial charge in [-0.1, -0.05) is 23.2 Å². The Balaban J connectivity index is 2.18. The first-order valence-corrected chi connectivity index (χ1v) is 6.81. The molecule has 2 rings (SSSR count). The van der Waals surface area contributed by atoms with E-state index in [-0.39, 0.29) is 26.9 Å². The van der Waals surface area contributed by atoms with E-state index in [0.29, 0.717) is 0 Å². The maximum Gasteiger partial charge on any atom is 0.275 e. The van der Waals surface area contributed by atoms with E-state index < -0.39 is 23.2 Å². The number of phenolic OH excluding ortho intramolecular Hbond substituents is 4. The summed E-state index contributed by atoms with van der Waals surface area (Å²) in [7, 11) is 0. The number of hydrogen-bond acceptors (Lipinski definition) is 6. The van der Waals surface area contributed by atoms with Crippen LogP contribution in [0.5, 0.6) is 23.0 Å². The van der Waals surface area contributed by atoms with Crippen molar-refractivity contribution in [1.29, 1.82) is 0 Å². The largest absolute Gasteiger partial charge is 0.507 e. The summed E-state index contributed by atoms with van der Waals surface area (Å²) in [5.41, 5.74) is 1.95. The lowest BCUT2D eigenvalue weighted by Crippen LogP contribution is -2.17. The second-order valence-corrected chi connectivity index (χ2v) is 5.23. The zero-order chi connectivity index (χ0) is 17.1. The average Bonchev–Trinajstić information content (AvgIpc) is 2.47. The summed E-state index contributed by atoms with van der Waals surface area (Å²) in [5, 5.41) is 41.7. The van der Waals surface area contributed by atoms with Crippen molar-refractivity contribution >= 4 is 35.3 Å². The molecule has 0 atom stereocenters. The summed E-state index contributed by atoms with van der Waals surface area (Å²) in [6.45, 7) is 0. The molecule has 0 heterocycles. The van der Waals surface area contributed by atoms with Gasteiger partial charge in [0.25, 0.3) is 5.91 Å². The second-order valence-electron chi connectivity index (χ2n) is 4.38. The van der Waals surface area contributed by atoms with Gasteiger partial charge in [0.1, 0.15) is 11.5 Å². The Morgan fingerprint density at radius 1 is 1.00 bits per heavy atom. The van der Waals surface area contributed by atoms with Crippen LogP contribution < -0.4 is 5.43 Å². The number of hydrogen-bond donors (Lipinski definition) is 5. The summed E-state index contributed by atoms with van der Waals surface area (Å²) in [4.78, 5) is 11.8. The number of halogens is 2. The highest BCUT2D eigenvalue weighted by Crippen LogP contribution is 2.32. The van der Waals surface area contributed by atoms with Crippen molar-refractivity contribution < 1.29 is 25.2 Å². The zero-order valence-electron chi connectivity index (χ0n) is 11.3. The molecular formula is C14H10Cl2N2O5. The van der Waals surface area contributed by atoms with Crippen LogP contribution in [-0.2, 0) is 0 Å². The third-order valence-electron chi connectivity index (χ3n) is 2.76. The molecule has 0 aliphatic carbocycles. The van der Waals surface area contributed by atoms with Gasteiger partial charge in [0.2, 0.25) is 0 Å². The highest BCUT2D eigenvalue weighted by Gasteiger charge is 2.14. The standard InChI is InChI=1S/C14H10Cl2N2O5/c15-7-1-6(13(22)9(16)2-7)5-17-18-14(23)8-3-11(20)12(21)4-10(8)19/h1-5,19-22H,(H,18,23). The normalized spacial score (nSPS) is 10.9. The molecule has 120 valence electrons. The van der Waals surface area contributed by atoms with Crippen LogP contribution in [0.15, 0.2) is 29.4 Å². The Hall–Kier alpha value is -2.64. The number of rotatable bonds is 3. The van der Waals surface area contributed by atoms with E-state index in [1.807, 2.05) is 0 Å². The van der Waals surface area contributed by atoms with E-state index in [0.717, 1.165) is 18.3 Å². The molecule has 0 saturated heterocycles. The van der Waals surface area contributed by atoms with Gasteiger partial charge in [0.05, 0.1) is 16.8 Å². The van der Waals surface area contributed by atoms with Gasteiger partial charge in [0, 0.05) is 22.7 Å². The Labute approximate surface area is 140 Å². The lowest BCUT2D eigenvalue weighted by atomic mass is 10.1. The number of amides is 1. The number of aromatic hydroxyl groups is 4. The minimum atomic E-state index is -0.846. The highest BCUT2D eigenvalue weighted by molar-refractivity contribution is 6.36. The molecule has 9 heteroatoms. The number of nitrogens with zero attached hydrogens (tertiary/aromatic N) is 1. The Morgan fingerprint density at radius 3 is 2.35 bits per heavy atom. The van der Waals surface area contributed by atoms with Crippen molar-refractivity contribution in [2.75, 3.05) is 0 Å². The van der Waals surface area contributed by atoms with Gasteiger partial charge in [0.15, 0.2) is 11.5 Å². The van der Waals surface area contributed by atoms with Crippen LogP contribution in [0, 0.1) is 0 Å². The second kappa shape index (κ2) is 6.64. The van der Waals surface area contributed by atoms with Crippen LogP contribution in [0.1, 0.15) is 15.9 Å². The summed E-state index contributed by atoms with van der Waals surface area (Å²) >= 11 is 11.5. The molecule has 0 bridgehead atoms. The maximum atomic E-state index is 11.8. The molecule has 0 fully saturated rings. The SMILES string of the molecule is O=C(NN=Cc1cc(Cl)cc(Cl)c1O)c1cc(O)c(O)cc1O. The maximum absolute atomic E-state index is 11.8. The molecule has 7 nitrogen and oxygen atoms in total. The Kier molecular flexibility index (Phi) is 4.83. The van der Waals surface area contributed by atoms with Crippen LogP contribution in [0.25, 0.3) is 0 Å². The molecule has 0 unspecified atom stereocenters. The fourth-order valence-electron chi connectivity index (χ4n) is 1.65. The third kappa shape index (κ3) is 3.77. The van der Waals surface area contributed by atoms with Crippen LogP contribution in [0.2, 0.25) is 10.0 Å². The van der Waals surface area contributed by atoms with Gasteiger partial charge in [-0.15, -0.1) is 0 Å². The molecule has 2 aromatic carbocycles. The Morgan fingerprint density at radius 2 is 1.65 bits per heavy atom. The number of benzene rings is 2. The van der Waals surface area contributed by atoms with Gasteiger partial charge in [-0.3, -0.25) is 4.79 Å². The molecule has 23 heavy (non-hydrogen) atoms. The highest BCUT2D eigenvalue weighted by atomic mass is 35.5. The van der Waals surface area contributed by atoms with Crippen molar-refractivity contribution in [3.05, 3.63) is 45.4 Å². The van der Waals surface area contributed by atoms with Crippen molar-refractivity contribution in [2.45, 2.75) is 0 Å². The van der Waals surface area contributed by atoms with Crippen LogP contribution in [-0.4, -0.2) is 32.5 Å². The molecule has 0 radical (unpaired) electrons. The lowest BCUT2D eigenvalue weighted by Gasteiger charge is -2.05. The van der Waals surface area contributed by atoms with Crippen LogP contribution in [0.3, 0.4) is 0 Å². The van der Waals surface area contributed by atoms with Gasteiger partial charge in [-0.05, 0) is 12.1 Å². The monoisotopic (exact) mass is 356 g/mol. The molecular weight excluding hydrogens is 347 g/mol. The van der Waals surface area contributed by atoms with E-state index in [2.05, 4.69) is 10.5 Å². The molecule has 2 aromatic rings. The summed E-state index contributed by atoms with van der Waals surface area (Å²) < 4.78 is 0. The summed E-state index contributed by atoms with van der Waals surface area (Å²) in [6.07, 6.45) is 1.10. The number of carbonyl (C=O) groups excluding carboxylic acids is 1. The lowest BCUT2D eigenvalue weighted by molar-refractivity contribution is 0.0952. The topological polar surface area (TPSA) is 122 Å². The first-order chi connectivity index (χ1) is 10.8. The first-order valence-electron chi connectivity index (χ1n) is 6.06. The molecule has 0 aromatic heterocycles. The van der Waals surface area contributed by atoms with E-state index in [9.17, 15) is 25.2 Å². The van der Waals surface area contributed by atoms with Crippen molar-refractivity contribution in [3.8, 4) is 23.0 Å². The predicted octanol–water partition coefficient (Wildman–Crippen LogP) is 2.58. The summed E-state index contributed by atoms with van der Waals surface area (Å²) in [6, 6.07) is 4.41. The molecule has 0 aliphatic heterocycles. The number of phenols is 4. The number of nitrogens with one attached hydrogen (secondary N) is 1. The van der Waals surface area contributed by atoms with Gasteiger partial charge in [-0.25, -0.2) is 5.43 Å². The smallest absolute Gasteiger partial charge is 0.275 e. The number of carbonyl (C=O) groups is 1. The van der Waals surface area contributed by atoms with E-state index in [1.165, 1.54) is 12.1 Å². The summed E-state index contributed by atoms with van der Waals surface area (Å²) in [5.74, 6) is -2.79. The van der Waals surface area contributed by atoms with E-state index in [1.54, 1.807) is 0 Å². The van der Waals surface area contributed by atoms with E-state index in [4.69, 9.17) is 23.2 Å². The number of hydrazone groups is 1. The van der Waals surface area contributed by atoms with Gasteiger partial charge < -0.3 is 20.4 Å². The first kappa shape index (κ1) is 16.7. The molecule has 0 saturated carbocycles. The third-order valence-corrected chi connectivity index (χ3v) is 3.27. The fourth-order valence-corrected chi connectivity index (χ4v) is 2.16. The van der Waals surface area contributed by atoms with E-state index >= 15 is 0 Å². The minimum Gasteiger partial charge on any atom is -0.507 e. The Bertz CT molecular complexity index is 808. The van der Waals surface area contributed by atoms with Gasteiger partial charge >= 0.3 is 0 Å². The average molecular weight is 357 g/mol. The predicted molar refractivity (Wildman–Crippen MR) is 84.6 cm³/mol. The minimum absolute atomic E-state index is 0.0198.